The van der Waals surface area contributed by atoms with Crippen LogP contribution in [0.15, 0.2) is 30.4 Å². The van der Waals surface area contributed by atoms with Crippen molar-refractivity contribution in [2.45, 2.75) is 0 Å². The van der Waals surface area contributed by atoms with Gasteiger partial charge in [0.15, 0.2) is 0 Å². The zero-order valence-electron chi connectivity index (χ0n) is 8.61. The van der Waals surface area contributed by atoms with Crippen LogP contribution in [0.1, 0.15) is 10.4 Å². The molecule has 86 valence electrons. The van der Waals surface area contributed by atoms with Gasteiger partial charge in [-0.3, -0.25) is 4.79 Å². The molecule has 0 saturated heterocycles. The number of nitrogens with one attached hydrogen (secondary N) is 1. The van der Waals surface area contributed by atoms with E-state index in [0.717, 1.165) is 3.57 Å². The predicted molar refractivity (Wildman–Crippen MR) is 71.4 cm³/mol. The molecule has 1 aromatic rings. The van der Waals surface area contributed by atoms with Gasteiger partial charge in [-0.15, -0.1) is 0 Å². The van der Waals surface area contributed by atoms with E-state index >= 15 is 0 Å². The fraction of sp³-hybridized carbons (Fsp3) is 0.182. The lowest BCUT2D eigenvalue weighted by Crippen LogP contribution is -2.23. The Morgan fingerprint density at radius 1 is 1.50 bits per heavy atom. The van der Waals surface area contributed by atoms with E-state index in [1.807, 2.05) is 22.6 Å². The topological polar surface area (TPSA) is 75.3 Å². The summed E-state index contributed by atoms with van der Waals surface area (Å²) in [7, 11) is 0. The van der Waals surface area contributed by atoms with Crippen molar-refractivity contribution in [3.8, 4) is 5.75 Å². The van der Waals surface area contributed by atoms with E-state index in [-0.39, 0.29) is 11.7 Å². The number of hydrogen-bond acceptors (Lipinski definition) is 3. The van der Waals surface area contributed by atoms with Gasteiger partial charge in [-0.05, 0) is 40.8 Å². The molecule has 0 bridgehead atoms. The lowest BCUT2D eigenvalue weighted by atomic mass is 10.2. The van der Waals surface area contributed by atoms with Gasteiger partial charge in [0.2, 0.25) is 0 Å². The number of hydrogen-bond donors (Lipinski definition) is 3. The summed E-state index contributed by atoms with van der Waals surface area (Å²) < 4.78 is 0.720. The summed E-state index contributed by atoms with van der Waals surface area (Å²) in [6.45, 7) is 0.892. The van der Waals surface area contributed by atoms with Crippen LogP contribution < -0.4 is 11.1 Å². The number of carbonyl (C=O) groups is 1. The monoisotopic (exact) mass is 332 g/mol. The molecule has 0 aliphatic rings. The number of phenolic OH excluding ortho intramolecular Hbond substituents is 1. The summed E-state index contributed by atoms with van der Waals surface area (Å²) in [6.07, 6.45) is 3.55. The summed E-state index contributed by atoms with van der Waals surface area (Å²) in [5.74, 6) is -0.0980. The first-order valence-corrected chi connectivity index (χ1v) is 5.85. The van der Waals surface area contributed by atoms with Gasteiger partial charge in [-0.2, -0.15) is 0 Å². The van der Waals surface area contributed by atoms with E-state index in [1.165, 1.54) is 6.07 Å². The Labute approximate surface area is 108 Å². The van der Waals surface area contributed by atoms with Gasteiger partial charge in [0.05, 0.1) is 3.57 Å². The zero-order valence-corrected chi connectivity index (χ0v) is 10.8. The van der Waals surface area contributed by atoms with Gasteiger partial charge >= 0.3 is 0 Å². The number of halogens is 1. The molecule has 0 fully saturated rings. The minimum atomic E-state index is -0.214. The first-order chi connectivity index (χ1) is 7.65. The van der Waals surface area contributed by atoms with Crippen LogP contribution in [0.25, 0.3) is 0 Å². The standard InChI is InChI=1S/C11H13IN2O2/c12-9-4-3-8(7-10(9)15)11(16)14-6-2-1-5-13/h1-4,7,15H,5-6,13H2,(H,14,16)/b2-1+. The maximum atomic E-state index is 11.6. The average Bonchev–Trinajstić information content (AvgIpc) is 2.28. The smallest absolute Gasteiger partial charge is 0.251 e. The normalized spacial score (nSPS) is 10.6. The molecule has 0 unspecified atom stereocenters. The highest BCUT2D eigenvalue weighted by atomic mass is 127. The second kappa shape index (κ2) is 6.49. The molecule has 4 N–H and O–H groups in total. The Morgan fingerprint density at radius 2 is 2.25 bits per heavy atom. The first kappa shape index (κ1) is 13.0. The number of aromatic hydroxyl groups is 1. The number of amides is 1. The SMILES string of the molecule is NC/C=C/CNC(=O)c1ccc(I)c(O)c1. The number of carbonyl (C=O) groups excluding carboxylic acids is 1. The third-order valence-corrected chi connectivity index (χ3v) is 2.80. The van der Waals surface area contributed by atoms with Crippen LogP contribution in [-0.4, -0.2) is 24.1 Å². The molecule has 4 nitrogen and oxygen atoms in total. The van der Waals surface area contributed by atoms with Crippen molar-refractivity contribution in [3.05, 3.63) is 39.5 Å². The Bertz CT molecular complexity index is 405. The van der Waals surface area contributed by atoms with Gasteiger partial charge in [0, 0.05) is 18.7 Å². The van der Waals surface area contributed by atoms with Crippen LogP contribution in [0.2, 0.25) is 0 Å². The lowest BCUT2D eigenvalue weighted by molar-refractivity contribution is 0.0957. The molecule has 5 heteroatoms. The van der Waals surface area contributed by atoms with Gasteiger partial charge in [0.1, 0.15) is 5.75 Å². The second-order valence-corrected chi connectivity index (χ2v) is 4.25. The molecule has 0 aromatic heterocycles. The minimum Gasteiger partial charge on any atom is -0.507 e. The average molecular weight is 332 g/mol. The summed E-state index contributed by atoms with van der Waals surface area (Å²) in [6, 6.07) is 4.81. The predicted octanol–water partition coefficient (Wildman–Crippen LogP) is 1.24. The molecule has 0 aliphatic heterocycles. The Kier molecular flexibility index (Phi) is 5.27. The van der Waals surface area contributed by atoms with Crippen LogP contribution in [0, 0.1) is 3.57 Å². The van der Waals surface area contributed by atoms with E-state index in [1.54, 1.807) is 24.3 Å². The third-order valence-electron chi connectivity index (χ3n) is 1.89. The number of nitrogens with two attached hydrogens (primary N) is 1. The highest BCUT2D eigenvalue weighted by molar-refractivity contribution is 14.1. The van der Waals surface area contributed by atoms with Crippen LogP contribution in [-0.2, 0) is 0 Å². The summed E-state index contributed by atoms with van der Waals surface area (Å²) in [4.78, 5) is 11.6. The van der Waals surface area contributed by atoms with Gasteiger partial charge < -0.3 is 16.2 Å². The molecule has 0 radical (unpaired) electrons. The molecule has 1 aromatic carbocycles. The zero-order chi connectivity index (χ0) is 12.0. The van der Waals surface area contributed by atoms with Crippen molar-refractivity contribution in [2.24, 2.45) is 5.73 Å². The lowest BCUT2D eigenvalue weighted by Gasteiger charge is -2.03. The minimum absolute atomic E-state index is 0.116. The number of rotatable bonds is 4. The highest BCUT2D eigenvalue weighted by Crippen LogP contribution is 2.20. The van der Waals surface area contributed by atoms with E-state index in [2.05, 4.69) is 5.32 Å². The van der Waals surface area contributed by atoms with Crippen molar-refractivity contribution in [1.82, 2.24) is 5.32 Å². The van der Waals surface area contributed by atoms with Crippen LogP contribution in [0.5, 0.6) is 5.75 Å². The Morgan fingerprint density at radius 3 is 2.88 bits per heavy atom. The summed E-state index contributed by atoms with van der Waals surface area (Å²) in [5.41, 5.74) is 5.70. The van der Waals surface area contributed by atoms with Crippen LogP contribution in [0.3, 0.4) is 0 Å². The Balaban J connectivity index is 2.59. The quantitative estimate of drug-likeness (QED) is 0.574. The molecule has 0 atom stereocenters. The second-order valence-electron chi connectivity index (χ2n) is 3.08. The summed E-state index contributed by atoms with van der Waals surface area (Å²) >= 11 is 2.00. The van der Waals surface area contributed by atoms with E-state index in [4.69, 9.17) is 5.73 Å². The molecule has 16 heavy (non-hydrogen) atoms. The highest BCUT2D eigenvalue weighted by Gasteiger charge is 2.06. The van der Waals surface area contributed by atoms with Gasteiger partial charge in [-0.25, -0.2) is 0 Å². The number of benzene rings is 1. The van der Waals surface area contributed by atoms with Crippen LogP contribution in [0.4, 0.5) is 0 Å². The molecule has 0 aliphatic carbocycles. The number of phenols is 1. The fourth-order valence-electron chi connectivity index (χ4n) is 1.09. The van der Waals surface area contributed by atoms with Crippen molar-refractivity contribution in [1.29, 1.82) is 0 Å². The summed E-state index contributed by atoms with van der Waals surface area (Å²) in [5, 5.41) is 12.1. The molecule has 0 spiro atoms. The van der Waals surface area contributed by atoms with Crippen molar-refractivity contribution < 1.29 is 9.90 Å². The van der Waals surface area contributed by atoms with Crippen LogP contribution >= 0.6 is 22.6 Å². The van der Waals surface area contributed by atoms with E-state index in [9.17, 15) is 9.90 Å². The maximum Gasteiger partial charge on any atom is 0.251 e. The van der Waals surface area contributed by atoms with E-state index in [0.29, 0.717) is 18.7 Å². The third kappa shape index (κ3) is 3.82. The van der Waals surface area contributed by atoms with E-state index < -0.39 is 0 Å². The molecule has 0 saturated carbocycles. The fourth-order valence-corrected chi connectivity index (χ4v) is 1.42. The van der Waals surface area contributed by atoms with Gasteiger partial charge in [-0.1, -0.05) is 12.2 Å². The molecular formula is C11H13IN2O2. The van der Waals surface area contributed by atoms with Crippen molar-refractivity contribution in [2.75, 3.05) is 13.1 Å². The Hall–Kier alpha value is -1.08. The first-order valence-electron chi connectivity index (χ1n) is 4.77. The largest absolute Gasteiger partial charge is 0.507 e. The van der Waals surface area contributed by atoms with Crippen molar-refractivity contribution in [3.63, 3.8) is 0 Å². The maximum absolute atomic E-state index is 11.6. The van der Waals surface area contributed by atoms with Gasteiger partial charge in [0.25, 0.3) is 5.91 Å². The van der Waals surface area contributed by atoms with Crippen molar-refractivity contribution >= 4 is 28.5 Å². The molecule has 1 amide bonds. The molecular weight excluding hydrogens is 319 g/mol. The molecule has 1 rings (SSSR count). The molecule has 0 heterocycles.